The highest BCUT2D eigenvalue weighted by Crippen LogP contribution is 2.28. The zero-order chi connectivity index (χ0) is 18.7. The Balaban J connectivity index is 1.75. The molecule has 26 heavy (non-hydrogen) atoms. The highest BCUT2D eigenvalue weighted by Gasteiger charge is 2.32. The fourth-order valence-electron chi connectivity index (χ4n) is 2.22. The molecule has 3 rings (SSSR count). The van der Waals surface area contributed by atoms with Crippen molar-refractivity contribution >= 4 is 23.3 Å². The number of para-hydroxylation sites is 1. The largest absolute Gasteiger partial charge is 0.459 e. The van der Waals surface area contributed by atoms with Crippen LogP contribution in [0.3, 0.4) is 0 Å². The lowest BCUT2D eigenvalue weighted by Gasteiger charge is -2.23. The van der Waals surface area contributed by atoms with Gasteiger partial charge in [0.1, 0.15) is 10.8 Å². The molecule has 2 heterocycles. The fourth-order valence-corrected chi connectivity index (χ4v) is 2.38. The van der Waals surface area contributed by atoms with E-state index in [1.807, 2.05) is 43.3 Å². The predicted molar refractivity (Wildman–Crippen MR) is 101 cm³/mol. The van der Waals surface area contributed by atoms with Gasteiger partial charge in [-0.15, -0.1) is 5.10 Å². The summed E-state index contributed by atoms with van der Waals surface area (Å²) in [5, 5.41) is 7.39. The van der Waals surface area contributed by atoms with E-state index in [9.17, 15) is 4.79 Å². The number of amides is 1. The van der Waals surface area contributed by atoms with E-state index in [1.54, 1.807) is 37.0 Å². The number of nitrogens with zero attached hydrogens (tertiary/aromatic N) is 3. The van der Waals surface area contributed by atoms with Crippen LogP contribution in [0, 0.1) is 6.92 Å². The molecule has 1 amide bonds. The van der Waals surface area contributed by atoms with Crippen molar-refractivity contribution < 1.29 is 9.53 Å². The Morgan fingerprint density at radius 3 is 2.58 bits per heavy atom. The summed E-state index contributed by atoms with van der Waals surface area (Å²) in [5.74, 6) is 0.296. The first-order valence-corrected chi connectivity index (χ1v) is 8.47. The number of hydrogen-bond donors (Lipinski definition) is 1. The van der Waals surface area contributed by atoms with Gasteiger partial charge in [-0.25, -0.2) is 9.67 Å². The minimum Gasteiger partial charge on any atom is -0.459 e. The first-order chi connectivity index (χ1) is 12.3. The summed E-state index contributed by atoms with van der Waals surface area (Å²) < 4.78 is 7.39. The molecule has 0 aliphatic carbocycles. The van der Waals surface area contributed by atoms with E-state index in [0.29, 0.717) is 10.8 Å². The number of carbonyl (C=O) groups excluding carboxylic acids is 1. The van der Waals surface area contributed by atoms with Crippen LogP contribution >= 0.6 is 11.6 Å². The maximum absolute atomic E-state index is 12.6. The molecular formula is C19H19ClN4O2. The van der Waals surface area contributed by atoms with Crippen molar-refractivity contribution in [3.8, 4) is 11.6 Å². The van der Waals surface area contributed by atoms with Crippen LogP contribution in [0.25, 0.3) is 5.69 Å². The summed E-state index contributed by atoms with van der Waals surface area (Å²) in [5.41, 5.74) is 0.665. The number of benzene rings is 1. The minimum absolute atomic E-state index is 0.188. The van der Waals surface area contributed by atoms with Gasteiger partial charge in [-0.2, -0.15) is 0 Å². The number of rotatable bonds is 5. The van der Waals surface area contributed by atoms with Crippen molar-refractivity contribution in [2.24, 2.45) is 0 Å². The molecule has 1 aromatic carbocycles. The second-order valence-corrected chi connectivity index (χ2v) is 6.76. The molecule has 0 unspecified atom stereocenters. The van der Waals surface area contributed by atoms with Crippen LogP contribution in [-0.4, -0.2) is 26.3 Å². The van der Waals surface area contributed by atoms with Gasteiger partial charge in [-0.1, -0.05) is 35.9 Å². The Hall–Kier alpha value is -2.86. The second-order valence-electron chi connectivity index (χ2n) is 6.35. The predicted octanol–water partition coefficient (Wildman–Crippen LogP) is 4.03. The second kappa shape index (κ2) is 7.17. The lowest BCUT2D eigenvalue weighted by Crippen LogP contribution is -2.42. The first kappa shape index (κ1) is 17.9. The zero-order valence-electron chi connectivity index (χ0n) is 14.7. The molecule has 0 radical (unpaired) electrons. The van der Waals surface area contributed by atoms with E-state index in [2.05, 4.69) is 15.4 Å². The van der Waals surface area contributed by atoms with Crippen LogP contribution in [0.5, 0.6) is 5.88 Å². The molecule has 7 heteroatoms. The number of nitrogens with one attached hydrogen (secondary N) is 1. The third-order valence-corrected chi connectivity index (χ3v) is 3.97. The normalized spacial score (nSPS) is 11.2. The van der Waals surface area contributed by atoms with Crippen LogP contribution in [0.15, 0.2) is 54.9 Å². The summed E-state index contributed by atoms with van der Waals surface area (Å²) in [4.78, 5) is 16.7. The molecule has 0 aliphatic rings. The van der Waals surface area contributed by atoms with Gasteiger partial charge in [0.25, 0.3) is 11.8 Å². The van der Waals surface area contributed by atoms with Crippen molar-refractivity contribution in [1.82, 2.24) is 14.8 Å². The third kappa shape index (κ3) is 4.03. The fraction of sp³-hybridized carbons (Fsp3) is 0.211. The number of halogens is 1. The number of pyridine rings is 1. The summed E-state index contributed by atoms with van der Waals surface area (Å²) in [6, 6.07) is 13.1. The molecule has 0 saturated carbocycles. The van der Waals surface area contributed by atoms with Crippen LogP contribution < -0.4 is 10.1 Å². The average molecular weight is 371 g/mol. The summed E-state index contributed by atoms with van der Waals surface area (Å²) >= 11 is 6.23. The summed E-state index contributed by atoms with van der Waals surface area (Å²) in [7, 11) is 0. The highest BCUT2D eigenvalue weighted by atomic mass is 35.5. The molecule has 0 aliphatic heterocycles. The number of carbonyl (C=O) groups is 1. The van der Waals surface area contributed by atoms with Gasteiger partial charge in [0.2, 0.25) is 0 Å². The molecule has 0 fully saturated rings. The van der Waals surface area contributed by atoms with E-state index in [-0.39, 0.29) is 11.8 Å². The van der Waals surface area contributed by atoms with Gasteiger partial charge in [-0.05, 0) is 44.5 Å². The number of ether oxygens (including phenoxy) is 1. The van der Waals surface area contributed by atoms with E-state index in [0.717, 1.165) is 11.3 Å². The lowest BCUT2D eigenvalue weighted by molar-refractivity contribution is -0.128. The monoisotopic (exact) mass is 370 g/mol. The zero-order valence-corrected chi connectivity index (χ0v) is 15.5. The first-order valence-electron chi connectivity index (χ1n) is 8.09. The van der Waals surface area contributed by atoms with Gasteiger partial charge in [-0.3, -0.25) is 4.79 Å². The van der Waals surface area contributed by atoms with E-state index < -0.39 is 5.60 Å². The van der Waals surface area contributed by atoms with Gasteiger partial charge in [0.15, 0.2) is 5.60 Å². The number of aryl methyl sites for hydroxylation is 1. The Labute approximate surface area is 156 Å². The molecule has 2 aromatic heterocycles. The third-order valence-electron chi connectivity index (χ3n) is 3.71. The Morgan fingerprint density at radius 1 is 1.19 bits per heavy atom. The molecule has 0 bridgehead atoms. The maximum atomic E-state index is 12.6. The van der Waals surface area contributed by atoms with Crippen LogP contribution in [-0.2, 0) is 4.79 Å². The van der Waals surface area contributed by atoms with Crippen molar-refractivity contribution in [2.45, 2.75) is 26.4 Å². The van der Waals surface area contributed by atoms with Crippen molar-refractivity contribution in [1.29, 1.82) is 0 Å². The van der Waals surface area contributed by atoms with E-state index in [4.69, 9.17) is 16.3 Å². The molecule has 6 nitrogen and oxygen atoms in total. The molecule has 0 atom stereocenters. The molecule has 0 spiro atoms. The van der Waals surface area contributed by atoms with Crippen molar-refractivity contribution in [3.05, 3.63) is 65.4 Å². The van der Waals surface area contributed by atoms with Gasteiger partial charge >= 0.3 is 0 Å². The smallest absolute Gasteiger partial charge is 0.269 e. The van der Waals surface area contributed by atoms with E-state index >= 15 is 0 Å². The van der Waals surface area contributed by atoms with Crippen molar-refractivity contribution in [3.63, 3.8) is 0 Å². The Morgan fingerprint density at radius 2 is 1.92 bits per heavy atom. The van der Waals surface area contributed by atoms with Gasteiger partial charge in [0, 0.05) is 6.20 Å². The quantitative estimate of drug-likeness (QED) is 0.736. The minimum atomic E-state index is -1.19. The van der Waals surface area contributed by atoms with Crippen molar-refractivity contribution in [2.75, 3.05) is 5.32 Å². The van der Waals surface area contributed by atoms with Crippen LogP contribution in [0.1, 0.15) is 19.4 Å². The molecule has 0 saturated heterocycles. The van der Waals surface area contributed by atoms with Crippen LogP contribution in [0.2, 0.25) is 5.02 Å². The molecule has 3 aromatic rings. The number of aromatic nitrogens is 3. The highest BCUT2D eigenvalue weighted by molar-refractivity contribution is 6.31. The Bertz CT molecular complexity index is 905. The lowest BCUT2D eigenvalue weighted by atomic mass is 10.1. The average Bonchev–Trinajstić information content (AvgIpc) is 2.98. The van der Waals surface area contributed by atoms with E-state index in [1.165, 1.54) is 0 Å². The topological polar surface area (TPSA) is 69.0 Å². The number of hydrogen-bond acceptors (Lipinski definition) is 4. The standard InChI is InChI=1S/C19H19ClN4O2/c1-13-9-10-16(21-11-13)22-18(25)19(2,3)26-17-15(20)12-24(23-17)14-7-5-4-6-8-14/h4-12H,1-3H3,(H,21,22,25). The van der Waals surface area contributed by atoms with Gasteiger partial charge < -0.3 is 10.1 Å². The summed E-state index contributed by atoms with van der Waals surface area (Å²) in [6.45, 7) is 5.22. The van der Waals surface area contributed by atoms with Crippen LogP contribution in [0.4, 0.5) is 5.82 Å². The summed E-state index contributed by atoms with van der Waals surface area (Å²) in [6.07, 6.45) is 3.32. The Kier molecular flexibility index (Phi) is 4.95. The van der Waals surface area contributed by atoms with Gasteiger partial charge in [0.05, 0.1) is 11.9 Å². The molecule has 1 N–H and O–H groups in total. The SMILES string of the molecule is Cc1ccc(NC(=O)C(C)(C)Oc2nn(-c3ccccc3)cc2Cl)nc1. The molecule has 134 valence electrons. The molecular weight excluding hydrogens is 352 g/mol. The number of anilines is 1. The maximum Gasteiger partial charge on any atom is 0.269 e.